The molecule has 1 aromatic carbocycles. The topological polar surface area (TPSA) is 33.0 Å². The molecular formula is C14H16ClNO. The standard InChI is InChI=1S/C14H16ClNO/c1-9-8-12-13(10(2)14(9)15)11(5-6-16)4-3-7-17-12/h8,11H,3-5,7H2,1-2H3. The van der Waals surface area contributed by atoms with E-state index in [2.05, 4.69) is 6.07 Å². The first kappa shape index (κ1) is 12.3. The Bertz CT molecular complexity index is 476. The fourth-order valence-electron chi connectivity index (χ4n) is 2.53. The lowest BCUT2D eigenvalue weighted by Crippen LogP contribution is -2.02. The molecule has 0 aliphatic carbocycles. The number of nitrogens with zero attached hydrogens (tertiary/aromatic N) is 1. The van der Waals surface area contributed by atoms with Crippen molar-refractivity contribution in [1.82, 2.24) is 0 Å². The summed E-state index contributed by atoms with van der Waals surface area (Å²) in [6.07, 6.45) is 2.54. The molecule has 17 heavy (non-hydrogen) atoms. The fourth-order valence-corrected chi connectivity index (χ4v) is 2.69. The molecule has 0 amide bonds. The summed E-state index contributed by atoms with van der Waals surface area (Å²) >= 11 is 6.29. The Labute approximate surface area is 107 Å². The number of fused-ring (bicyclic) bond motifs is 1. The Morgan fingerprint density at radius 1 is 1.53 bits per heavy atom. The molecule has 90 valence electrons. The predicted octanol–water partition coefficient (Wildman–Crippen LogP) is 4.13. The average molecular weight is 250 g/mol. The SMILES string of the molecule is Cc1cc2c(c(C)c1Cl)C(CC#N)CCCO2. The molecule has 1 aliphatic rings. The van der Waals surface area contributed by atoms with Gasteiger partial charge in [0.1, 0.15) is 5.75 Å². The average Bonchev–Trinajstić information content (AvgIpc) is 2.49. The number of aryl methyl sites for hydroxylation is 1. The van der Waals surface area contributed by atoms with Gasteiger partial charge in [-0.25, -0.2) is 0 Å². The fraction of sp³-hybridized carbons (Fsp3) is 0.500. The molecule has 0 N–H and O–H groups in total. The molecule has 1 heterocycles. The molecule has 2 nitrogen and oxygen atoms in total. The molecule has 0 radical (unpaired) electrons. The molecule has 1 atom stereocenters. The molecule has 1 aromatic rings. The van der Waals surface area contributed by atoms with Gasteiger partial charge in [0.2, 0.25) is 0 Å². The van der Waals surface area contributed by atoms with Crippen LogP contribution in [0.3, 0.4) is 0 Å². The summed E-state index contributed by atoms with van der Waals surface area (Å²) in [4.78, 5) is 0. The van der Waals surface area contributed by atoms with E-state index in [4.69, 9.17) is 21.6 Å². The lowest BCUT2D eigenvalue weighted by Gasteiger charge is -2.18. The minimum atomic E-state index is 0.260. The van der Waals surface area contributed by atoms with Gasteiger partial charge in [-0.05, 0) is 43.9 Å². The third-order valence-corrected chi connectivity index (χ3v) is 3.97. The quantitative estimate of drug-likeness (QED) is 0.750. The van der Waals surface area contributed by atoms with Gasteiger partial charge in [-0.2, -0.15) is 5.26 Å². The van der Waals surface area contributed by atoms with E-state index in [9.17, 15) is 0 Å². The molecule has 1 aliphatic heterocycles. The number of hydrogen-bond donors (Lipinski definition) is 0. The van der Waals surface area contributed by atoms with Crippen molar-refractivity contribution in [3.05, 3.63) is 27.8 Å². The van der Waals surface area contributed by atoms with Crippen molar-refractivity contribution in [2.75, 3.05) is 6.61 Å². The van der Waals surface area contributed by atoms with Crippen LogP contribution in [0.2, 0.25) is 5.02 Å². The molecule has 0 saturated heterocycles. The number of benzene rings is 1. The van der Waals surface area contributed by atoms with Crippen LogP contribution in [0.1, 0.15) is 41.9 Å². The maximum Gasteiger partial charge on any atom is 0.123 e. The summed E-state index contributed by atoms with van der Waals surface area (Å²) in [6, 6.07) is 4.27. The first-order valence-electron chi connectivity index (χ1n) is 5.94. The van der Waals surface area contributed by atoms with Crippen LogP contribution in [0.5, 0.6) is 5.75 Å². The third kappa shape index (κ3) is 2.25. The van der Waals surface area contributed by atoms with Crippen molar-refractivity contribution < 1.29 is 4.74 Å². The van der Waals surface area contributed by atoms with Gasteiger partial charge in [-0.1, -0.05) is 11.6 Å². The molecule has 1 unspecified atom stereocenters. The molecule has 0 aromatic heterocycles. The highest BCUT2D eigenvalue weighted by Crippen LogP contribution is 2.41. The summed E-state index contributed by atoms with van der Waals surface area (Å²) in [7, 11) is 0. The van der Waals surface area contributed by atoms with Gasteiger partial charge in [0.15, 0.2) is 0 Å². The Morgan fingerprint density at radius 3 is 3.00 bits per heavy atom. The number of hydrogen-bond acceptors (Lipinski definition) is 2. The first-order chi connectivity index (χ1) is 8.15. The van der Waals surface area contributed by atoms with Crippen LogP contribution in [0.25, 0.3) is 0 Å². The second kappa shape index (κ2) is 4.98. The maximum absolute atomic E-state index is 8.93. The lowest BCUT2D eigenvalue weighted by molar-refractivity contribution is 0.316. The molecule has 0 bridgehead atoms. The minimum absolute atomic E-state index is 0.260. The first-order valence-corrected chi connectivity index (χ1v) is 6.32. The smallest absolute Gasteiger partial charge is 0.123 e. The van der Waals surface area contributed by atoms with E-state index in [1.165, 1.54) is 0 Å². The van der Waals surface area contributed by atoms with E-state index in [0.29, 0.717) is 6.42 Å². The zero-order valence-electron chi connectivity index (χ0n) is 10.2. The molecule has 0 spiro atoms. The summed E-state index contributed by atoms with van der Waals surface area (Å²) < 4.78 is 5.77. The van der Waals surface area contributed by atoms with Crippen molar-refractivity contribution in [2.45, 2.75) is 39.0 Å². The van der Waals surface area contributed by atoms with Crippen LogP contribution in [-0.4, -0.2) is 6.61 Å². The van der Waals surface area contributed by atoms with Crippen LogP contribution in [0.15, 0.2) is 6.07 Å². The van der Waals surface area contributed by atoms with Gasteiger partial charge in [0.25, 0.3) is 0 Å². The van der Waals surface area contributed by atoms with E-state index < -0.39 is 0 Å². The molecule has 3 heteroatoms. The summed E-state index contributed by atoms with van der Waals surface area (Å²) in [5.41, 5.74) is 3.25. The van der Waals surface area contributed by atoms with Gasteiger partial charge in [0, 0.05) is 22.9 Å². The second-order valence-electron chi connectivity index (χ2n) is 4.59. The summed E-state index contributed by atoms with van der Waals surface area (Å²) in [5.74, 6) is 1.18. The van der Waals surface area contributed by atoms with Crippen molar-refractivity contribution in [2.24, 2.45) is 0 Å². The van der Waals surface area contributed by atoms with Gasteiger partial charge >= 0.3 is 0 Å². The van der Waals surface area contributed by atoms with Crippen molar-refractivity contribution in [3.8, 4) is 11.8 Å². The van der Waals surface area contributed by atoms with Gasteiger partial charge < -0.3 is 4.74 Å². The highest BCUT2D eigenvalue weighted by Gasteiger charge is 2.23. The summed E-state index contributed by atoms with van der Waals surface area (Å²) in [5, 5.41) is 9.73. The zero-order valence-corrected chi connectivity index (χ0v) is 11.0. The Hall–Kier alpha value is -1.20. The Kier molecular flexibility index (Phi) is 3.59. The van der Waals surface area contributed by atoms with Crippen molar-refractivity contribution >= 4 is 11.6 Å². The predicted molar refractivity (Wildman–Crippen MR) is 68.6 cm³/mol. The second-order valence-corrected chi connectivity index (χ2v) is 4.97. The Morgan fingerprint density at radius 2 is 2.29 bits per heavy atom. The van der Waals surface area contributed by atoms with E-state index in [-0.39, 0.29) is 5.92 Å². The van der Waals surface area contributed by atoms with Crippen molar-refractivity contribution in [3.63, 3.8) is 0 Å². The molecule has 2 rings (SSSR count). The monoisotopic (exact) mass is 249 g/mol. The number of halogens is 1. The third-order valence-electron chi connectivity index (χ3n) is 3.39. The van der Waals surface area contributed by atoms with Crippen LogP contribution in [-0.2, 0) is 0 Å². The maximum atomic E-state index is 8.93. The van der Waals surface area contributed by atoms with Crippen LogP contribution in [0, 0.1) is 25.2 Å². The minimum Gasteiger partial charge on any atom is -0.493 e. The molecule has 0 saturated carbocycles. The van der Waals surface area contributed by atoms with Gasteiger partial charge in [-0.3, -0.25) is 0 Å². The number of rotatable bonds is 1. The van der Waals surface area contributed by atoms with Crippen LogP contribution >= 0.6 is 11.6 Å². The highest BCUT2D eigenvalue weighted by atomic mass is 35.5. The summed E-state index contributed by atoms with van der Waals surface area (Å²) in [6.45, 7) is 4.74. The Balaban J connectivity index is 2.56. The van der Waals surface area contributed by atoms with E-state index in [1.807, 2.05) is 19.9 Å². The lowest BCUT2D eigenvalue weighted by atomic mass is 9.88. The van der Waals surface area contributed by atoms with Gasteiger partial charge in [0.05, 0.1) is 12.7 Å². The van der Waals surface area contributed by atoms with Gasteiger partial charge in [-0.15, -0.1) is 0 Å². The van der Waals surface area contributed by atoms with Crippen LogP contribution < -0.4 is 4.74 Å². The number of ether oxygens (including phenoxy) is 1. The number of nitriles is 1. The largest absolute Gasteiger partial charge is 0.493 e. The normalized spacial score (nSPS) is 18.8. The zero-order chi connectivity index (χ0) is 12.4. The highest BCUT2D eigenvalue weighted by molar-refractivity contribution is 6.32. The van der Waals surface area contributed by atoms with E-state index in [1.54, 1.807) is 0 Å². The van der Waals surface area contributed by atoms with Crippen LogP contribution in [0.4, 0.5) is 0 Å². The van der Waals surface area contributed by atoms with Crippen molar-refractivity contribution in [1.29, 1.82) is 5.26 Å². The van der Waals surface area contributed by atoms with E-state index in [0.717, 1.165) is 46.9 Å². The molecular weight excluding hydrogens is 234 g/mol. The van der Waals surface area contributed by atoms with E-state index >= 15 is 0 Å². The molecule has 0 fully saturated rings.